The van der Waals surface area contributed by atoms with Crippen molar-refractivity contribution in [2.24, 2.45) is 0 Å². The molecule has 0 saturated heterocycles. The van der Waals surface area contributed by atoms with Gasteiger partial charge in [-0.3, -0.25) is 14.9 Å². The Kier molecular flexibility index (Phi) is 5.47. The summed E-state index contributed by atoms with van der Waals surface area (Å²) < 4.78 is 0. The molecule has 0 aliphatic rings. The van der Waals surface area contributed by atoms with E-state index in [-0.39, 0.29) is 23.7 Å². The summed E-state index contributed by atoms with van der Waals surface area (Å²) >= 11 is 0. The molecule has 6 nitrogen and oxygen atoms in total. The molecule has 3 aromatic rings. The molecule has 0 fully saturated rings. The molecule has 1 amide bonds. The lowest BCUT2D eigenvalue weighted by Crippen LogP contribution is -2.26. The molecule has 0 aliphatic heterocycles. The van der Waals surface area contributed by atoms with Crippen molar-refractivity contribution >= 4 is 22.4 Å². The van der Waals surface area contributed by atoms with E-state index in [0.717, 1.165) is 16.3 Å². The van der Waals surface area contributed by atoms with E-state index in [9.17, 15) is 20.0 Å². The predicted molar refractivity (Wildman–Crippen MR) is 104 cm³/mol. The van der Waals surface area contributed by atoms with Gasteiger partial charge in [0.1, 0.15) is 0 Å². The Morgan fingerprint density at radius 1 is 1.11 bits per heavy atom. The third-order valence-electron chi connectivity index (χ3n) is 4.63. The minimum absolute atomic E-state index is 0.0848. The Morgan fingerprint density at radius 3 is 2.59 bits per heavy atom. The van der Waals surface area contributed by atoms with Crippen molar-refractivity contribution < 1.29 is 14.8 Å². The van der Waals surface area contributed by atoms with Gasteiger partial charge in [-0.25, -0.2) is 0 Å². The zero-order valence-electron chi connectivity index (χ0n) is 14.9. The number of aliphatic hydroxyl groups is 1. The van der Waals surface area contributed by atoms with E-state index in [4.69, 9.17) is 0 Å². The SMILES string of the molecule is Cc1c(C(=O)NCCC(O)c2cccc3ccccc23)cccc1[N+](=O)[O-]. The fraction of sp³-hybridized carbons (Fsp3) is 0.190. The number of carbonyl (C=O) groups excluding carboxylic acids is 1. The summed E-state index contributed by atoms with van der Waals surface area (Å²) in [6.45, 7) is 1.81. The van der Waals surface area contributed by atoms with Crippen LogP contribution in [0.3, 0.4) is 0 Å². The van der Waals surface area contributed by atoms with Crippen LogP contribution >= 0.6 is 0 Å². The topological polar surface area (TPSA) is 92.5 Å². The molecule has 0 aliphatic carbocycles. The Balaban J connectivity index is 1.67. The fourth-order valence-corrected chi connectivity index (χ4v) is 3.18. The first-order valence-electron chi connectivity index (χ1n) is 8.67. The van der Waals surface area contributed by atoms with E-state index in [1.807, 2.05) is 42.5 Å². The molecule has 0 spiro atoms. The molecule has 3 rings (SSSR count). The van der Waals surface area contributed by atoms with Crippen LogP contribution in [0.4, 0.5) is 5.69 Å². The molecule has 2 N–H and O–H groups in total. The Hall–Kier alpha value is -3.25. The van der Waals surface area contributed by atoms with Gasteiger partial charge in [0.2, 0.25) is 0 Å². The number of fused-ring (bicyclic) bond motifs is 1. The van der Waals surface area contributed by atoms with Gasteiger partial charge >= 0.3 is 0 Å². The molecule has 0 aromatic heterocycles. The van der Waals surface area contributed by atoms with Crippen molar-refractivity contribution in [3.05, 3.63) is 87.5 Å². The van der Waals surface area contributed by atoms with Crippen LogP contribution in [-0.4, -0.2) is 22.5 Å². The number of amides is 1. The summed E-state index contributed by atoms with van der Waals surface area (Å²) in [5.41, 5.74) is 1.32. The van der Waals surface area contributed by atoms with Crippen molar-refractivity contribution in [2.45, 2.75) is 19.4 Å². The maximum atomic E-state index is 12.4. The molecule has 138 valence electrons. The lowest BCUT2D eigenvalue weighted by atomic mass is 9.98. The van der Waals surface area contributed by atoms with Crippen LogP contribution in [0.1, 0.15) is 34.0 Å². The summed E-state index contributed by atoms with van der Waals surface area (Å²) in [6.07, 6.45) is -0.379. The standard InChI is InChI=1S/C21H20N2O4/c1-14-16(9-5-11-19(14)23(26)27)21(25)22-13-12-20(24)18-10-4-7-15-6-2-3-8-17(15)18/h2-11,20,24H,12-13H2,1H3,(H,22,25). The minimum atomic E-state index is -0.720. The lowest BCUT2D eigenvalue weighted by molar-refractivity contribution is -0.385. The first-order valence-corrected chi connectivity index (χ1v) is 8.67. The molecule has 1 unspecified atom stereocenters. The lowest BCUT2D eigenvalue weighted by Gasteiger charge is -2.14. The zero-order chi connectivity index (χ0) is 19.4. The average molecular weight is 364 g/mol. The number of nitrogens with one attached hydrogen (secondary N) is 1. The molecule has 1 atom stereocenters. The highest BCUT2D eigenvalue weighted by atomic mass is 16.6. The number of aliphatic hydroxyl groups excluding tert-OH is 1. The van der Waals surface area contributed by atoms with E-state index >= 15 is 0 Å². The zero-order valence-corrected chi connectivity index (χ0v) is 14.9. The summed E-state index contributed by atoms with van der Waals surface area (Å²) in [5.74, 6) is -0.388. The van der Waals surface area contributed by atoms with Crippen LogP contribution in [0.5, 0.6) is 0 Å². The average Bonchev–Trinajstić information content (AvgIpc) is 2.67. The normalized spacial score (nSPS) is 11.9. The van der Waals surface area contributed by atoms with Gasteiger partial charge in [0.25, 0.3) is 11.6 Å². The number of benzene rings is 3. The number of hydrogen-bond donors (Lipinski definition) is 2. The van der Waals surface area contributed by atoms with E-state index < -0.39 is 11.0 Å². The van der Waals surface area contributed by atoms with Crippen LogP contribution in [0.2, 0.25) is 0 Å². The third kappa shape index (κ3) is 3.96. The highest BCUT2D eigenvalue weighted by Gasteiger charge is 2.18. The number of nitro groups is 1. The van der Waals surface area contributed by atoms with Gasteiger partial charge in [-0.2, -0.15) is 0 Å². The molecular weight excluding hydrogens is 344 g/mol. The first kappa shape index (κ1) is 18.5. The van der Waals surface area contributed by atoms with Gasteiger partial charge in [-0.1, -0.05) is 48.5 Å². The maximum Gasteiger partial charge on any atom is 0.273 e. The number of carbonyl (C=O) groups is 1. The number of nitrogens with zero attached hydrogens (tertiary/aromatic N) is 1. The van der Waals surface area contributed by atoms with Gasteiger partial charge < -0.3 is 10.4 Å². The van der Waals surface area contributed by atoms with Gasteiger partial charge in [0, 0.05) is 23.7 Å². The monoisotopic (exact) mass is 364 g/mol. The first-order chi connectivity index (χ1) is 13.0. The van der Waals surface area contributed by atoms with Crippen molar-refractivity contribution in [1.82, 2.24) is 5.32 Å². The van der Waals surface area contributed by atoms with Gasteiger partial charge in [0.15, 0.2) is 0 Å². The van der Waals surface area contributed by atoms with Crippen LogP contribution in [0, 0.1) is 17.0 Å². The van der Waals surface area contributed by atoms with Gasteiger partial charge in [-0.05, 0) is 35.7 Å². The second-order valence-electron chi connectivity index (χ2n) is 6.34. The van der Waals surface area contributed by atoms with Crippen molar-refractivity contribution in [2.75, 3.05) is 6.54 Å². The van der Waals surface area contributed by atoms with Crippen LogP contribution in [0.25, 0.3) is 10.8 Å². The number of nitro benzene ring substituents is 1. The predicted octanol–water partition coefficient (Wildman–Crippen LogP) is 3.91. The molecule has 0 radical (unpaired) electrons. The molecular formula is C21H20N2O4. The number of rotatable bonds is 6. The summed E-state index contributed by atoms with van der Waals surface area (Å²) in [5, 5.41) is 26.3. The van der Waals surface area contributed by atoms with E-state index in [2.05, 4.69) is 5.32 Å². The van der Waals surface area contributed by atoms with Crippen molar-refractivity contribution in [3.63, 3.8) is 0 Å². The van der Waals surface area contributed by atoms with Crippen molar-refractivity contribution in [3.8, 4) is 0 Å². The third-order valence-corrected chi connectivity index (χ3v) is 4.63. The van der Waals surface area contributed by atoms with Crippen LogP contribution in [-0.2, 0) is 0 Å². The Bertz CT molecular complexity index is 995. The summed E-state index contributed by atoms with van der Waals surface area (Å²) in [6, 6.07) is 18.0. The summed E-state index contributed by atoms with van der Waals surface area (Å²) in [7, 11) is 0. The molecule has 0 saturated carbocycles. The second kappa shape index (κ2) is 7.97. The van der Waals surface area contributed by atoms with Crippen molar-refractivity contribution in [1.29, 1.82) is 0 Å². The molecule has 6 heteroatoms. The summed E-state index contributed by atoms with van der Waals surface area (Å²) in [4.78, 5) is 22.9. The Morgan fingerprint density at radius 2 is 1.81 bits per heavy atom. The molecule has 0 heterocycles. The van der Waals surface area contributed by atoms with Crippen LogP contribution < -0.4 is 5.32 Å². The highest BCUT2D eigenvalue weighted by Crippen LogP contribution is 2.26. The fourth-order valence-electron chi connectivity index (χ4n) is 3.18. The maximum absolute atomic E-state index is 12.4. The molecule has 27 heavy (non-hydrogen) atoms. The molecule has 0 bridgehead atoms. The largest absolute Gasteiger partial charge is 0.388 e. The Labute approximate surface area is 156 Å². The van der Waals surface area contributed by atoms with E-state index in [1.165, 1.54) is 12.1 Å². The quantitative estimate of drug-likeness (QED) is 0.512. The second-order valence-corrected chi connectivity index (χ2v) is 6.34. The molecule has 3 aromatic carbocycles. The van der Waals surface area contributed by atoms with Crippen LogP contribution in [0.15, 0.2) is 60.7 Å². The smallest absolute Gasteiger partial charge is 0.273 e. The minimum Gasteiger partial charge on any atom is -0.388 e. The van der Waals surface area contributed by atoms with E-state index in [0.29, 0.717) is 12.0 Å². The number of hydrogen-bond acceptors (Lipinski definition) is 4. The van der Waals surface area contributed by atoms with Gasteiger partial charge in [0.05, 0.1) is 11.0 Å². The van der Waals surface area contributed by atoms with Gasteiger partial charge in [-0.15, -0.1) is 0 Å². The highest BCUT2D eigenvalue weighted by molar-refractivity contribution is 5.96. The van der Waals surface area contributed by atoms with E-state index in [1.54, 1.807) is 13.0 Å².